The number of halogens is 1. The van der Waals surface area contributed by atoms with Crippen LogP contribution in [0.5, 0.6) is 0 Å². The summed E-state index contributed by atoms with van der Waals surface area (Å²) in [6.45, 7) is 3.22. The first-order valence-corrected chi connectivity index (χ1v) is 7.47. The van der Waals surface area contributed by atoms with Crippen LogP contribution in [0.1, 0.15) is 13.3 Å². The van der Waals surface area contributed by atoms with Crippen molar-refractivity contribution in [2.45, 2.75) is 19.4 Å². The zero-order valence-corrected chi connectivity index (χ0v) is 12.9. The monoisotopic (exact) mass is 339 g/mol. The predicted molar refractivity (Wildman–Crippen MR) is 81.4 cm³/mol. The molecule has 6 heteroatoms. The van der Waals surface area contributed by atoms with E-state index in [0.29, 0.717) is 19.5 Å². The second kappa shape index (κ2) is 6.74. The van der Waals surface area contributed by atoms with Gasteiger partial charge in [0.2, 0.25) is 11.8 Å². The molecule has 0 saturated carbocycles. The van der Waals surface area contributed by atoms with Crippen molar-refractivity contribution in [2.75, 3.05) is 25.0 Å². The molecule has 1 aliphatic rings. The SMILES string of the molecule is CCC1C(=O)NCCN1C(=O)CNc1ccc(Br)cc1. The summed E-state index contributed by atoms with van der Waals surface area (Å²) in [5.41, 5.74) is 0.885. The Kier molecular flexibility index (Phi) is 5.00. The topological polar surface area (TPSA) is 61.4 Å². The summed E-state index contributed by atoms with van der Waals surface area (Å²) in [5, 5.41) is 5.87. The molecular weight excluding hydrogens is 322 g/mol. The summed E-state index contributed by atoms with van der Waals surface area (Å²) in [4.78, 5) is 25.6. The molecule has 108 valence electrons. The minimum Gasteiger partial charge on any atom is -0.376 e. The molecule has 0 aliphatic carbocycles. The van der Waals surface area contributed by atoms with Gasteiger partial charge in [0.25, 0.3) is 0 Å². The van der Waals surface area contributed by atoms with Crippen LogP contribution in [0.2, 0.25) is 0 Å². The van der Waals surface area contributed by atoms with Gasteiger partial charge in [0.1, 0.15) is 6.04 Å². The highest BCUT2D eigenvalue weighted by atomic mass is 79.9. The van der Waals surface area contributed by atoms with E-state index in [4.69, 9.17) is 0 Å². The van der Waals surface area contributed by atoms with Crippen molar-refractivity contribution in [1.29, 1.82) is 0 Å². The lowest BCUT2D eigenvalue weighted by Gasteiger charge is -2.34. The molecule has 1 unspecified atom stereocenters. The quantitative estimate of drug-likeness (QED) is 0.875. The molecule has 0 aromatic heterocycles. The first-order valence-electron chi connectivity index (χ1n) is 6.68. The molecule has 5 nitrogen and oxygen atoms in total. The number of benzene rings is 1. The van der Waals surface area contributed by atoms with Crippen LogP contribution in [0.4, 0.5) is 5.69 Å². The van der Waals surface area contributed by atoms with Crippen molar-refractivity contribution in [3.63, 3.8) is 0 Å². The summed E-state index contributed by atoms with van der Waals surface area (Å²) >= 11 is 3.36. The maximum absolute atomic E-state index is 12.2. The standard InChI is InChI=1S/C14H18BrN3O2/c1-2-12-14(20)16-7-8-18(12)13(19)9-17-11-5-3-10(15)4-6-11/h3-6,12,17H,2,7-9H2,1H3,(H,16,20). The van der Waals surface area contributed by atoms with E-state index in [9.17, 15) is 9.59 Å². The smallest absolute Gasteiger partial charge is 0.242 e. The third kappa shape index (κ3) is 3.50. The number of nitrogens with one attached hydrogen (secondary N) is 2. The van der Waals surface area contributed by atoms with E-state index in [1.54, 1.807) is 4.90 Å². The number of amides is 2. The van der Waals surface area contributed by atoms with E-state index in [1.165, 1.54) is 0 Å². The molecule has 1 aromatic rings. The molecule has 0 radical (unpaired) electrons. The number of hydrogen-bond acceptors (Lipinski definition) is 3. The van der Waals surface area contributed by atoms with Gasteiger partial charge in [-0.3, -0.25) is 9.59 Å². The fourth-order valence-electron chi connectivity index (χ4n) is 2.27. The van der Waals surface area contributed by atoms with E-state index in [0.717, 1.165) is 10.2 Å². The summed E-state index contributed by atoms with van der Waals surface area (Å²) in [7, 11) is 0. The fourth-order valence-corrected chi connectivity index (χ4v) is 2.53. The number of carbonyl (C=O) groups is 2. The second-order valence-corrected chi connectivity index (χ2v) is 5.58. The van der Waals surface area contributed by atoms with Crippen LogP contribution in [-0.2, 0) is 9.59 Å². The average molecular weight is 340 g/mol. The highest BCUT2D eigenvalue weighted by molar-refractivity contribution is 9.10. The lowest BCUT2D eigenvalue weighted by atomic mass is 10.1. The normalized spacial score (nSPS) is 18.6. The predicted octanol–water partition coefficient (Wildman–Crippen LogP) is 1.60. The Morgan fingerprint density at radius 2 is 2.15 bits per heavy atom. The largest absolute Gasteiger partial charge is 0.376 e. The van der Waals surface area contributed by atoms with Gasteiger partial charge in [-0.1, -0.05) is 22.9 Å². The van der Waals surface area contributed by atoms with Crippen molar-refractivity contribution >= 4 is 33.4 Å². The molecule has 0 spiro atoms. The molecule has 0 bridgehead atoms. The molecule has 1 aromatic carbocycles. The zero-order valence-electron chi connectivity index (χ0n) is 11.4. The maximum Gasteiger partial charge on any atom is 0.242 e. The molecule has 1 fully saturated rings. The first kappa shape index (κ1) is 14.8. The molecule has 1 saturated heterocycles. The van der Waals surface area contributed by atoms with Crippen molar-refractivity contribution in [2.24, 2.45) is 0 Å². The van der Waals surface area contributed by atoms with Crippen LogP contribution in [0.25, 0.3) is 0 Å². The number of carbonyl (C=O) groups excluding carboxylic acids is 2. The molecule has 1 atom stereocenters. The maximum atomic E-state index is 12.2. The fraction of sp³-hybridized carbons (Fsp3) is 0.429. The van der Waals surface area contributed by atoms with Gasteiger partial charge in [-0.15, -0.1) is 0 Å². The van der Waals surface area contributed by atoms with E-state index in [1.807, 2.05) is 31.2 Å². The van der Waals surface area contributed by atoms with Crippen molar-refractivity contribution in [3.8, 4) is 0 Å². The van der Waals surface area contributed by atoms with Crippen LogP contribution >= 0.6 is 15.9 Å². The zero-order chi connectivity index (χ0) is 14.5. The van der Waals surface area contributed by atoms with E-state index >= 15 is 0 Å². The Bertz CT molecular complexity index is 490. The summed E-state index contributed by atoms with van der Waals surface area (Å²) in [6.07, 6.45) is 0.635. The Morgan fingerprint density at radius 3 is 2.80 bits per heavy atom. The molecule has 2 rings (SSSR count). The van der Waals surface area contributed by atoms with Crippen LogP contribution in [0, 0.1) is 0 Å². The van der Waals surface area contributed by atoms with Gasteiger partial charge < -0.3 is 15.5 Å². The number of hydrogen-bond donors (Lipinski definition) is 2. The van der Waals surface area contributed by atoms with Crippen LogP contribution in [-0.4, -0.2) is 42.4 Å². The Balaban J connectivity index is 1.93. The van der Waals surface area contributed by atoms with Crippen LogP contribution < -0.4 is 10.6 Å². The number of rotatable bonds is 4. The van der Waals surface area contributed by atoms with Crippen molar-refractivity contribution in [1.82, 2.24) is 10.2 Å². The van der Waals surface area contributed by atoms with Gasteiger partial charge >= 0.3 is 0 Å². The first-order chi connectivity index (χ1) is 9.61. The second-order valence-electron chi connectivity index (χ2n) is 4.66. The Labute approximate surface area is 126 Å². The average Bonchev–Trinajstić information content (AvgIpc) is 2.46. The minimum atomic E-state index is -0.344. The van der Waals surface area contributed by atoms with E-state index in [-0.39, 0.29) is 24.4 Å². The molecule has 1 aliphatic heterocycles. The van der Waals surface area contributed by atoms with Gasteiger partial charge in [0.05, 0.1) is 6.54 Å². The number of piperazine rings is 1. The molecule has 2 N–H and O–H groups in total. The van der Waals surface area contributed by atoms with Crippen LogP contribution in [0.15, 0.2) is 28.7 Å². The molecule has 2 amide bonds. The third-order valence-corrected chi connectivity index (χ3v) is 3.85. The highest BCUT2D eigenvalue weighted by Crippen LogP contribution is 2.14. The van der Waals surface area contributed by atoms with Gasteiger partial charge in [-0.2, -0.15) is 0 Å². The minimum absolute atomic E-state index is 0.0466. The Morgan fingerprint density at radius 1 is 1.45 bits per heavy atom. The summed E-state index contributed by atoms with van der Waals surface area (Å²) in [6, 6.07) is 7.28. The molecule has 1 heterocycles. The van der Waals surface area contributed by atoms with E-state index < -0.39 is 0 Å². The molecule has 20 heavy (non-hydrogen) atoms. The lowest BCUT2D eigenvalue weighted by molar-refractivity contribution is -0.142. The third-order valence-electron chi connectivity index (χ3n) is 3.33. The summed E-state index contributed by atoms with van der Waals surface area (Å²) in [5.74, 6) is -0.106. The van der Waals surface area contributed by atoms with Gasteiger partial charge in [-0.25, -0.2) is 0 Å². The van der Waals surface area contributed by atoms with Gasteiger partial charge in [0, 0.05) is 23.2 Å². The molecular formula is C14H18BrN3O2. The van der Waals surface area contributed by atoms with Crippen molar-refractivity contribution < 1.29 is 9.59 Å². The highest BCUT2D eigenvalue weighted by Gasteiger charge is 2.31. The van der Waals surface area contributed by atoms with E-state index in [2.05, 4.69) is 26.6 Å². The lowest BCUT2D eigenvalue weighted by Crippen LogP contribution is -2.57. The van der Waals surface area contributed by atoms with Gasteiger partial charge in [0.15, 0.2) is 0 Å². The van der Waals surface area contributed by atoms with Gasteiger partial charge in [-0.05, 0) is 30.7 Å². The van der Waals surface area contributed by atoms with Crippen LogP contribution in [0.3, 0.4) is 0 Å². The Hall–Kier alpha value is -1.56. The van der Waals surface area contributed by atoms with Crippen molar-refractivity contribution in [3.05, 3.63) is 28.7 Å². The number of nitrogens with zero attached hydrogens (tertiary/aromatic N) is 1. The number of anilines is 1. The summed E-state index contributed by atoms with van der Waals surface area (Å²) < 4.78 is 0.994.